The molecule has 0 fully saturated rings. The second-order valence-electron chi connectivity index (χ2n) is 4.39. The first-order valence-corrected chi connectivity index (χ1v) is 6.28. The molecular formula is C12H10Cl2F3NO3. The number of hydrogen-bond donors (Lipinski definition) is 2. The van der Waals surface area contributed by atoms with Gasteiger partial charge in [0.1, 0.15) is 0 Å². The highest BCUT2D eigenvalue weighted by atomic mass is 35.5. The van der Waals surface area contributed by atoms with Crippen molar-refractivity contribution in [3.8, 4) is 0 Å². The average molecular weight is 344 g/mol. The summed E-state index contributed by atoms with van der Waals surface area (Å²) in [6.07, 6.45) is -5.65. The van der Waals surface area contributed by atoms with E-state index < -0.39 is 30.0 Å². The highest BCUT2D eigenvalue weighted by Crippen LogP contribution is 2.30. The molecule has 1 amide bonds. The first-order valence-electron chi connectivity index (χ1n) is 5.52. The lowest BCUT2D eigenvalue weighted by atomic mass is 10.0. The standard InChI is InChI=1S/C12H10Cl2F3NO3/c1-11(10(20)21,12(15,16)17)18-9(19)4-6-2-3-7(13)5-8(6)14/h2-3,5H,4H2,1H3,(H,18,19)(H,20,21). The molecule has 0 bridgehead atoms. The lowest BCUT2D eigenvalue weighted by Crippen LogP contribution is -2.62. The number of carbonyl (C=O) groups is 2. The summed E-state index contributed by atoms with van der Waals surface area (Å²) in [6, 6.07) is 4.11. The Morgan fingerprint density at radius 1 is 1.29 bits per heavy atom. The second kappa shape index (κ2) is 6.11. The van der Waals surface area contributed by atoms with Gasteiger partial charge in [0.15, 0.2) is 0 Å². The van der Waals surface area contributed by atoms with Crippen molar-refractivity contribution in [2.24, 2.45) is 0 Å². The minimum Gasteiger partial charge on any atom is -0.479 e. The van der Waals surface area contributed by atoms with Crippen LogP contribution in [0.3, 0.4) is 0 Å². The molecule has 0 aliphatic rings. The quantitative estimate of drug-likeness (QED) is 0.882. The maximum Gasteiger partial charge on any atom is 0.422 e. The van der Waals surface area contributed by atoms with Crippen molar-refractivity contribution >= 4 is 35.1 Å². The zero-order chi connectivity index (χ0) is 16.4. The molecule has 21 heavy (non-hydrogen) atoms. The van der Waals surface area contributed by atoms with Crippen molar-refractivity contribution in [1.29, 1.82) is 0 Å². The monoisotopic (exact) mass is 343 g/mol. The molecule has 1 atom stereocenters. The molecule has 0 spiro atoms. The van der Waals surface area contributed by atoms with E-state index in [1.807, 2.05) is 0 Å². The maximum absolute atomic E-state index is 12.7. The molecule has 0 heterocycles. The lowest BCUT2D eigenvalue weighted by molar-refractivity contribution is -0.206. The highest BCUT2D eigenvalue weighted by Gasteiger charge is 2.58. The fourth-order valence-electron chi connectivity index (χ4n) is 1.41. The summed E-state index contributed by atoms with van der Waals surface area (Å²) in [4.78, 5) is 22.4. The number of nitrogens with one attached hydrogen (secondary N) is 1. The number of carboxylic acids is 1. The molecule has 0 saturated carbocycles. The molecule has 9 heteroatoms. The van der Waals surface area contributed by atoms with Gasteiger partial charge in [0, 0.05) is 10.0 Å². The number of aliphatic carboxylic acids is 1. The Morgan fingerprint density at radius 2 is 1.86 bits per heavy atom. The molecule has 1 aromatic rings. The van der Waals surface area contributed by atoms with E-state index in [9.17, 15) is 22.8 Å². The van der Waals surface area contributed by atoms with Gasteiger partial charge in [0.25, 0.3) is 0 Å². The van der Waals surface area contributed by atoms with Gasteiger partial charge >= 0.3 is 12.1 Å². The molecular weight excluding hydrogens is 334 g/mol. The van der Waals surface area contributed by atoms with Crippen LogP contribution in [0.5, 0.6) is 0 Å². The Morgan fingerprint density at radius 3 is 2.29 bits per heavy atom. The van der Waals surface area contributed by atoms with Crippen LogP contribution in [0.25, 0.3) is 0 Å². The molecule has 2 N–H and O–H groups in total. The molecule has 1 rings (SSSR count). The number of amides is 1. The SMILES string of the molecule is CC(NC(=O)Cc1ccc(Cl)cc1Cl)(C(=O)O)C(F)(F)F. The van der Waals surface area contributed by atoms with E-state index in [2.05, 4.69) is 0 Å². The van der Waals surface area contributed by atoms with Crippen molar-refractivity contribution in [2.75, 3.05) is 0 Å². The smallest absolute Gasteiger partial charge is 0.422 e. The lowest BCUT2D eigenvalue weighted by Gasteiger charge is -2.28. The Balaban J connectivity index is 2.92. The molecule has 0 aromatic heterocycles. The van der Waals surface area contributed by atoms with Crippen LogP contribution in [0.15, 0.2) is 18.2 Å². The van der Waals surface area contributed by atoms with Crippen LogP contribution in [0.2, 0.25) is 10.0 Å². The summed E-state index contributed by atoms with van der Waals surface area (Å²) in [5.74, 6) is -3.33. The van der Waals surface area contributed by atoms with Gasteiger partial charge in [-0.05, 0) is 24.6 Å². The van der Waals surface area contributed by atoms with E-state index in [1.165, 1.54) is 23.5 Å². The zero-order valence-corrected chi connectivity index (χ0v) is 12.1. The summed E-state index contributed by atoms with van der Waals surface area (Å²) in [7, 11) is 0. The fraction of sp³-hybridized carbons (Fsp3) is 0.333. The van der Waals surface area contributed by atoms with Gasteiger partial charge in [-0.15, -0.1) is 0 Å². The van der Waals surface area contributed by atoms with Gasteiger partial charge in [-0.2, -0.15) is 13.2 Å². The van der Waals surface area contributed by atoms with Crippen LogP contribution in [0.1, 0.15) is 12.5 Å². The van der Waals surface area contributed by atoms with Crippen LogP contribution in [0, 0.1) is 0 Å². The Kier molecular flexibility index (Phi) is 5.11. The molecule has 1 aromatic carbocycles. The topological polar surface area (TPSA) is 66.4 Å². The summed E-state index contributed by atoms with van der Waals surface area (Å²) < 4.78 is 38.2. The summed E-state index contributed by atoms with van der Waals surface area (Å²) >= 11 is 11.4. The number of hydrogen-bond acceptors (Lipinski definition) is 2. The first-order chi connectivity index (χ1) is 9.47. The van der Waals surface area contributed by atoms with Crippen molar-refractivity contribution in [2.45, 2.75) is 25.1 Å². The normalized spacial score (nSPS) is 14.4. The third-order valence-corrected chi connectivity index (χ3v) is 3.34. The maximum atomic E-state index is 12.7. The van der Waals surface area contributed by atoms with Crippen LogP contribution < -0.4 is 5.32 Å². The van der Waals surface area contributed by atoms with Crippen LogP contribution in [-0.4, -0.2) is 28.7 Å². The van der Waals surface area contributed by atoms with E-state index in [0.717, 1.165) is 0 Å². The van der Waals surface area contributed by atoms with Crippen molar-refractivity contribution in [1.82, 2.24) is 5.32 Å². The van der Waals surface area contributed by atoms with Gasteiger partial charge in [-0.1, -0.05) is 29.3 Å². The van der Waals surface area contributed by atoms with E-state index in [4.69, 9.17) is 28.3 Å². The molecule has 0 aliphatic heterocycles. The molecule has 0 radical (unpaired) electrons. The third kappa shape index (κ3) is 4.01. The first kappa shape index (κ1) is 17.6. The fourth-order valence-corrected chi connectivity index (χ4v) is 1.88. The number of carboxylic acid groups (broad SMARTS) is 1. The Hall–Kier alpha value is -1.47. The predicted octanol–water partition coefficient (Wildman–Crippen LogP) is 3.06. The largest absolute Gasteiger partial charge is 0.479 e. The average Bonchev–Trinajstić information content (AvgIpc) is 2.31. The van der Waals surface area contributed by atoms with Gasteiger partial charge in [0.2, 0.25) is 11.4 Å². The minimum absolute atomic E-state index is 0.0988. The van der Waals surface area contributed by atoms with E-state index >= 15 is 0 Å². The van der Waals surface area contributed by atoms with Crippen molar-refractivity contribution in [3.05, 3.63) is 33.8 Å². The Labute approximate surface area is 127 Å². The summed E-state index contributed by atoms with van der Waals surface area (Å²) in [5.41, 5.74) is -3.14. The van der Waals surface area contributed by atoms with Crippen molar-refractivity contribution in [3.63, 3.8) is 0 Å². The van der Waals surface area contributed by atoms with Crippen molar-refractivity contribution < 1.29 is 27.9 Å². The number of alkyl halides is 3. The number of halogens is 5. The molecule has 116 valence electrons. The molecule has 1 unspecified atom stereocenters. The Bertz CT molecular complexity index is 577. The summed E-state index contributed by atoms with van der Waals surface area (Å²) in [5, 5.41) is 10.6. The second-order valence-corrected chi connectivity index (χ2v) is 5.23. The highest BCUT2D eigenvalue weighted by molar-refractivity contribution is 6.35. The number of rotatable bonds is 4. The number of carbonyl (C=O) groups excluding carboxylic acids is 1. The third-order valence-electron chi connectivity index (χ3n) is 2.75. The van der Waals surface area contributed by atoms with Crippen LogP contribution in [0.4, 0.5) is 13.2 Å². The van der Waals surface area contributed by atoms with Gasteiger partial charge in [0.05, 0.1) is 6.42 Å². The van der Waals surface area contributed by atoms with Crippen LogP contribution in [-0.2, 0) is 16.0 Å². The number of benzene rings is 1. The van der Waals surface area contributed by atoms with Gasteiger partial charge in [-0.25, -0.2) is 4.79 Å². The van der Waals surface area contributed by atoms with E-state index in [0.29, 0.717) is 11.9 Å². The van der Waals surface area contributed by atoms with E-state index in [1.54, 1.807) is 0 Å². The molecule has 0 aliphatic carbocycles. The van der Waals surface area contributed by atoms with E-state index in [-0.39, 0.29) is 10.6 Å². The van der Waals surface area contributed by atoms with Crippen LogP contribution >= 0.6 is 23.2 Å². The summed E-state index contributed by atoms with van der Waals surface area (Å²) in [6.45, 7) is 0.372. The minimum atomic E-state index is -5.14. The zero-order valence-electron chi connectivity index (χ0n) is 10.6. The van der Waals surface area contributed by atoms with Gasteiger partial charge in [-0.3, -0.25) is 4.79 Å². The molecule has 4 nitrogen and oxygen atoms in total. The predicted molar refractivity (Wildman–Crippen MR) is 70.4 cm³/mol. The molecule has 0 saturated heterocycles. The van der Waals surface area contributed by atoms with Gasteiger partial charge < -0.3 is 10.4 Å².